The van der Waals surface area contributed by atoms with Crippen LogP contribution in [-0.2, 0) is 0 Å². The molecule has 7 heteroatoms. The van der Waals surface area contributed by atoms with Gasteiger partial charge in [0, 0.05) is 13.1 Å². The summed E-state index contributed by atoms with van der Waals surface area (Å²) in [6.07, 6.45) is 2.07. The molecule has 0 atom stereocenters. The van der Waals surface area contributed by atoms with Crippen molar-refractivity contribution in [1.82, 2.24) is 15.0 Å². The molecule has 0 saturated carbocycles. The van der Waals surface area contributed by atoms with Gasteiger partial charge in [0.2, 0.25) is 5.69 Å². The molecule has 0 amide bonds. The zero-order valence-corrected chi connectivity index (χ0v) is 14.0. The Kier molecular flexibility index (Phi) is 4.69. The maximum absolute atomic E-state index is 11.6. The molecule has 2 aromatic rings. The monoisotopic (exact) mass is 330 g/mol. The SMILES string of the molecule is CCOc1ccc(-n2nc(C(=O)O)c(N3CCC(C)CC3)n2)cc1. The van der Waals surface area contributed by atoms with Gasteiger partial charge in [0.15, 0.2) is 5.82 Å². The van der Waals surface area contributed by atoms with Gasteiger partial charge in [0.05, 0.1) is 12.3 Å². The number of benzene rings is 1. The molecule has 0 unspecified atom stereocenters. The van der Waals surface area contributed by atoms with Crippen LogP contribution in [0.1, 0.15) is 37.2 Å². The van der Waals surface area contributed by atoms with Crippen LogP contribution in [0.2, 0.25) is 0 Å². The summed E-state index contributed by atoms with van der Waals surface area (Å²) in [4.78, 5) is 14.9. The van der Waals surface area contributed by atoms with Crippen molar-refractivity contribution in [2.75, 3.05) is 24.6 Å². The number of carbonyl (C=O) groups is 1. The van der Waals surface area contributed by atoms with Crippen LogP contribution < -0.4 is 9.64 Å². The summed E-state index contributed by atoms with van der Waals surface area (Å²) in [6, 6.07) is 7.28. The van der Waals surface area contributed by atoms with E-state index < -0.39 is 5.97 Å². The first-order chi connectivity index (χ1) is 11.6. The number of aromatic nitrogens is 3. The van der Waals surface area contributed by atoms with Crippen molar-refractivity contribution in [3.63, 3.8) is 0 Å². The number of carboxylic acids is 1. The highest BCUT2D eigenvalue weighted by molar-refractivity contribution is 5.91. The van der Waals surface area contributed by atoms with E-state index in [2.05, 4.69) is 17.1 Å². The normalized spacial score (nSPS) is 15.5. The van der Waals surface area contributed by atoms with E-state index in [1.165, 1.54) is 4.80 Å². The van der Waals surface area contributed by atoms with Crippen LogP contribution in [0.15, 0.2) is 24.3 Å². The van der Waals surface area contributed by atoms with Crippen LogP contribution in [0.25, 0.3) is 5.69 Å². The van der Waals surface area contributed by atoms with Crippen molar-refractivity contribution < 1.29 is 14.6 Å². The molecule has 1 aliphatic rings. The number of nitrogens with zero attached hydrogens (tertiary/aromatic N) is 4. The van der Waals surface area contributed by atoms with Gasteiger partial charge in [-0.15, -0.1) is 15.0 Å². The minimum absolute atomic E-state index is 0.00145. The van der Waals surface area contributed by atoms with Crippen molar-refractivity contribution in [1.29, 1.82) is 0 Å². The molecule has 128 valence electrons. The number of piperidine rings is 1. The number of anilines is 1. The van der Waals surface area contributed by atoms with E-state index in [4.69, 9.17) is 4.74 Å². The van der Waals surface area contributed by atoms with Crippen LogP contribution in [-0.4, -0.2) is 45.8 Å². The maximum Gasteiger partial charge on any atom is 0.360 e. The summed E-state index contributed by atoms with van der Waals surface area (Å²) in [5, 5.41) is 18.1. The van der Waals surface area contributed by atoms with Crippen molar-refractivity contribution >= 4 is 11.8 Å². The van der Waals surface area contributed by atoms with E-state index in [0.29, 0.717) is 24.0 Å². The van der Waals surface area contributed by atoms with Gasteiger partial charge in [-0.2, -0.15) is 0 Å². The van der Waals surface area contributed by atoms with Crippen LogP contribution in [0.4, 0.5) is 5.82 Å². The number of rotatable bonds is 5. The average Bonchev–Trinajstić information content (AvgIpc) is 3.02. The molecule has 0 aliphatic carbocycles. The first kappa shape index (κ1) is 16.3. The molecule has 1 aromatic carbocycles. The van der Waals surface area contributed by atoms with E-state index >= 15 is 0 Å². The average molecular weight is 330 g/mol. The Morgan fingerprint density at radius 1 is 1.25 bits per heavy atom. The number of hydrogen-bond acceptors (Lipinski definition) is 5. The molecular weight excluding hydrogens is 308 g/mol. The van der Waals surface area contributed by atoms with Crippen molar-refractivity contribution in [2.24, 2.45) is 5.92 Å². The highest BCUT2D eigenvalue weighted by atomic mass is 16.5. The van der Waals surface area contributed by atoms with Gasteiger partial charge in [-0.25, -0.2) is 4.79 Å². The van der Waals surface area contributed by atoms with E-state index in [9.17, 15) is 9.90 Å². The molecule has 3 rings (SSSR count). The lowest BCUT2D eigenvalue weighted by molar-refractivity contribution is 0.0690. The zero-order valence-electron chi connectivity index (χ0n) is 14.0. The fourth-order valence-electron chi connectivity index (χ4n) is 2.83. The summed E-state index contributed by atoms with van der Waals surface area (Å²) in [5.41, 5.74) is 0.705. The molecule has 1 N–H and O–H groups in total. The van der Waals surface area contributed by atoms with E-state index in [-0.39, 0.29) is 5.69 Å². The van der Waals surface area contributed by atoms with Gasteiger partial charge in [-0.3, -0.25) is 0 Å². The third-order valence-corrected chi connectivity index (χ3v) is 4.26. The van der Waals surface area contributed by atoms with Gasteiger partial charge in [-0.1, -0.05) is 6.92 Å². The molecule has 0 spiro atoms. The smallest absolute Gasteiger partial charge is 0.360 e. The Morgan fingerprint density at radius 3 is 2.50 bits per heavy atom. The van der Waals surface area contributed by atoms with E-state index in [0.717, 1.165) is 31.7 Å². The molecule has 2 heterocycles. The number of aromatic carboxylic acids is 1. The standard InChI is InChI=1S/C17H22N4O3/c1-3-24-14-6-4-13(5-7-14)21-18-15(17(22)23)16(19-21)20-10-8-12(2)9-11-20/h4-7,12H,3,8-11H2,1-2H3,(H,22,23). The second-order valence-corrected chi connectivity index (χ2v) is 6.06. The second kappa shape index (κ2) is 6.90. The topological polar surface area (TPSA) is 80.5 Å². The van der Waals surface area contributed by atoms with Crippen LogP contribution in [0.5, 0.6) is 5.75 Å². The van der Waals surface area contributed by atoms with Crippen molar-refractivity contribution in [3.8, 4) is 11.4 Å². The quantitative estimate of drug-likeness (QED) is 0.907. The molecule has 0 radical (unpaired) electrons. The lowest BCUT2D eigenvalue weighted by atomic mass is 9.99. The Bertz CT molecular complexity index is 703. The van der Waals surface area contributed by atoms with E-state index in [1.54, 1.807) is 0 Å². The minimum atomic E-state index is -1.05. The van der Waals surface area contributed by atoms with Gasteiger partial charge < -0.3 is 14.7 Å². The number of ether oxygens (including phenoxy) is 1. The highest BCUT2D eigenvalue weighted by Crippen LogP contribution is 2.25. The Hall–Kier alpha value is -2.57. The summed E-state index contributed by atoms with van der Waals surface area (Å²) in [5.74, 6) is 0.817. The molecule has 0 bridgehead atoms. The first-order valence-corrected chi connectivity index (χ1v) is 8.27. The van der Waals surface area contributed by atoms with Gasteiger partial charge in [0.25, 0.3) is 0 Å². The molecule has 24 heavy (non-hydrogen) atoms. The Balaban J connectivity index is 1.89. The molecule has 1 aliphatic heterocycles. The predicted octanol–water partition coefficient (Wildman–Crippen LogP) is 2.60. The van der Waals surface area contributed by atoms with Crippen LogP contribution in [0, 0.1) is 5.92 Å². The fourth-order valence-corrected chi connectivity index (χ4v) is 2.83. The first-order valence-electron chi connectivity index (χ1n) is 8.27. The lowest BCUT2D eigenvalue weighted by Crippen LogP contribution is -2.34. The molecule has 1 saturated heterocycles. The van der Waals surface area contributed by atoms with Crippen molar-refractivity contribution in [2.45, 2.75) is 26.7 Å². The Labute approximate surface area is 140 Å². The summed E-state index contributed by atoms with van der Waals surface area (Å²) in [6.45, 7) is 6.35. The van der Waals surface area contributed by atoms with E-state index in [1.807, 2.05) is 36.1 Å². The van der Waals surface area contributed by atoms with Crippen LogP contribution >= 0.6 is 0 Å². The lowest BCUT2D eigenvalue weighted by Gasteiger charge is -2.30. The zero-order chi connectivity index (χ0) is 17.1. The Morgan fingerprint density at radius 2 is 1.92 bits per heavy atom. The van der Waals surface area contributed by atoms with Crippen LogP contribution in [0.3, 0.4) is 0 Å². The van der Waals surface area contributed by atoms with Gasteiger partial charge >= 0.3 is 5.97 Å². The second-order valence-electron chi connectivity index (χ2n) is 6.06. The molecule has 7 nitrogen and oxygen atoms in total. The largest absolute Gasteiger partial charge is 0.494 e. The fraction of sp³-hybridized carbons (Fsp3) is 0.471. The summed E-state index contributed by atoms with van der Waals surface area (Å²) < 4.78 is 5.42. The highest BCUT2D eigenvalue weighted by Gasteiger charge is 2.26. The summed E-state index contributed by atoms with van der Waals surface area (Å²) >= 11 is 0. The van der Waals surface area contributed by atoms with Gasteiger partial charge in [0.1, 0.15) is 5.75 Å². The molecular formula is C17H22N4O3. The summed E-state index contributed by atoms with van der Waals surface area (Å²) in [7, 11) is 0. The maximum atomic E-state index is 11.6. The minimum Gasteiger partial charge on any atom is -0.494 e. The number of hydrogen-bond donors (Lipinski definition) is 1. The third-order valence-electron chi connectivity index (χ3n) is 4.26. The third kappa shape index (κ3) is 3.34. The predicted molar refractivity (Wildman–Crippen MR) is 90.1 cm³/mol. The molecule has 1 fully saturated rings. The molecule has 1 aromatic heterocycles. The number of carboxylic acid groups (broad SMARTS) is 1. The van der Waals surface area contributed by atoms with Gasteiger partial charge in [-0.05, 0) is 49.9 Å². The van der Waals surface area contributed by atoms with Crippen molar-refractivity contribution in [3.05, 3.63) is 30.0 Å².